The molecule has 6 nitrogen and oxygen atoms in total. The minimum absolute atomic E-state index is 0.0357. The lowest BCUT2D eigenvalue weighted by Crippen LogP contribution is -2.34. The molecule has 1 aliphatic heterocycles. The number of ketones is 1. The lowest BCUT2D eigenvalue weighted by Gasteiger charge is -2.23. The molecule has 0 unspecified atom stereocenters. The van der Waals surface area contributed by atoms with E-state index in [2.05, 4.69) is 14.0 Å². The van der Waals surface area contributed by atoms with E-state index in [4.69, 9.17) is 21.1 Å². The normalized spacial score (nSPS) is 14.2. The standard InChI is InChI=1S/C21H24ClN3O3S/c1-15-11-20(24-29-23-14-25-6-8-27-9-7-25)16(2)10-19(15)21(26)13-28-18-5-3-4-17(22)12-18/h3-5,10-12,14,24H,6-9,13H2,1-2H3. The second kappa shape index (κ2) is 10.5. The zero-order chi connectivity index (χ0) is 20.6. The highest BCUT2D eigenvalue weighted by Crippen LogP contribution is 2.24. The minimum Gasteiger partial charge on any atom is -0.485 e. The highest BCUT2D eigenvalue weighted by atomic mass is 35.5. The molecule has 0 bridgehead atoms. The van der Waals surface area contributed by atoms with Gasteiger partial charge in [-0.2, -0.15) is 4.40 Å². The Morgan fingerprint density at radius 2 is 2.07 bits per heavy atom. The van der Waals surface area contributed by atoms with Gasteiger partial charge in [0, 0.05) is 29.4 Å². The Kier molecular flexibility index (Phi) is 7.80. The lowest BCUT2D eigenvalue weighted by molar-refractivity contribution is 0.0701. The Hall–Kier alpha value is -2.22. The minimum atomic E-state index is -0.0740. The van der Waals surface area contributed by atoms with Crippen molar-refractivity contribution in [3.8, 4) is 5.75 Å². The van der Waals surface area contributed by atoms with E-state index >= 15 is 0 Å². The van der Waals surface area contributed by atoms with E-state index in [0.29, 0.717) is 16.3 Å². The van der Waals surface area contributed by atoms with Crippen LogP contribution >= 0.6 is 23.7 Å². The van der Waals surface area contributed by atoms with Gasteiger partial charge in [0.15, 0.2) is 12.4 Å². The maximum atomic E-state index is 12.6. The molecule has 154 valence electrons. The highest BCUT2D eigenvalue weighted by molar-refractivity contribution is 7.99. The number of nitrogens with one attached hydrogen (secondary N) is 1. The van der Waals surface area contributed by atoms with Gasteiger partial charge in [-0.15, -0.1) is 0 Å². The van der Waals surface area contributed by atoms with Crippen LogP contribution in [0.3, 0.4) is 0 Å². The van der Waals surface area contributed by atoms with E-state index in [1.807, 2.05) is 32.3 Å². The summed E-state index contributed by atoms with van der Waals surface area (Å²) in [4.78, 5) is 14.7. The smallest absolute Gasteiger partial charge is 0.200 e. The molecule has 1 N–H and O–H groups in total. The number of ether oxygens (including phenoxy) is 2. The zero-order valence-corrected chi connectivity index (χ0v) is 18.1. The van der Waals surface area contributed by atoms with Crippen molar-refractivity contribution in [2.24, 2.45) is 4.40 Å². The second-order valence-electron chi connectivity index (χ2n) is 6.71. The van der Waals surface area contributed by atoms with E-state index in [1.54, 1.807) is 24.3 Å². The van der Waals surface area contributed by atoms with Gasteiger partial charge in [0.1, 0.15) is 12.1 Å². The number of anilines is 1. The first kappa shape index (κ1) is 21.5. The lowest BCUT2D eigenvalue weighted by atomic mass is 10.0. The second-order valence-corrected chi connectivity index (χ2v) is 7.75. The first-order valence-electron chi connectivity index (χ1n) is 9.33. The van der Waals surface area contributed by atoms with Crippen molar-refractivity contribution >= 4 is 41.5 Å². The molecule has 1 aliphatic rings. The van der Waals surface area contributed by atoms with E-state index in [9.17, 15) is 4.79 Å². The summed E-state index contributed by atoms with van der Waals surface area (Å²) >= 11 is 7.21. The van der Waals surface area contributed by atoms with E-state index < -0.39 is 0 Å². The van der Waals surface area contributed by atoms with Gasteiger partial charge in [0.25, 0.3) is 0 Å². The molecule has 0 amide bonds. The average molecular weight is 434 g/mol. The third-order valence-corrected chi connectivity index (χ3v) is 5.25. The fourth-order valence-electron chi connectivity index (χ4n) is 2.87. The summed E-state index contributed by atoms with van der Waals surface area (Å²) in [5.41, 5.74) is 3.43. The average Bonchev–Trinajstić information content (AvgIpc) is 2.72. The molecule has 0 aliphatic carbocycles. The van der Waals surface area contributed by atoms with E-state index in [1.165, 1.54) is 12.1 Å². The fraction of sp³-hybridized carbons (Fsp3) is 0.333. The fourth-order valence-corrected chi connectivity index (χ4v) is 3.60. The summed E-state index contributed by atoms with van der Waals surface area (Å²) in [6, 6.07) is 10.9. The van der Waals surface area contributed by atoms with Crippen LogP contribution in [0.1, 0.15) is 21.5 Å². The van der Waals surface area contributed by atoms with Crippen molar-refractivity contribution in [1.29, 1.82) is 0 Å². The van der Waals surface area contributed by atoms with Crippen molar-refractivity contribution < 1.29 is 14.3 Å². The molecule has 0 radical (unpaired) electrons. The Bertz CT molecular complexity index is 885. The van der Waals surface area contributed by atoms with E-state index in [-0.39, 0.29) is 12.4 Å². The number of nitrogens with zero attached hydrogens (tertiary/aromatic N) is 2. The number of morpholine rings is 1. The molecule has 2 aromatic carbocycles. The maximum Gasteiger partial charge on any atom is 0.200 e. The van der Waals surface area contributed by atoms with Crippen LogP contribution in [0.15, 0.2) is 40.8 Å². The molecule has 0 atom stereocenters. The van der Waals surface area contributed by atoms with E-state index in [0.717, 1.165) is 43.1 Å². The molecular formula is C21H24ClN3O3S. The monoisotopic (exact) mass is 433 g/mol. The van der Waals surface area contributed by atoms with Gasteiger partial charge in [-0.3, -0.25) is 4.79 Å². The number of halogens is 1. The number of aryl methyl sites for hydroxylation is 2. The maximum absolute atomic E-state index is 12.6. The molecule has 1 fully saturated rings. The molecule has 8 heteroatoms. The summed E-state index contributed by atoms with van der Waals surface area (Å²) in [5.74, 6) is 0.503. The first-order chi connectivity index (χ1) is 14.0. The summed E-state index contributed by atoms with van der Waals surface area (Å²) in [5, 5.41) is 0.575. The Morgan fingerprint density at radius 3 is 2.83 bits per heavy atom. The highest BCUT2D eigenvalue weighted by Gasteiger charge is 2.13. The topological polar surface area (TPSA) is 63.2 Å². The molecular weight excluding hydrogens is 410 g/mol. The number of Topliss-reactive ketones (excluding diaryl/α,β-unsaturated/α-hetero) is 1. The molecule has 2 aromatic rings. The molecule has 1 saturated heterocycles. The Balaban J connectivity index is 1.56. The van der Waals surface area contributed by atoms with Crippen LogP contribution in [0.5, 0.6) is 5.75 Å². The van der Waals surface area contributed by atoms with Gasteiger partial charge < -0.3 is 19.1 Å². The van der Waals surface area contributed by atoms with Crippen LogP contribution in [-0.4, -0.2) is 49.9 Å². The summed E-state index contributed by atoms with van der Waals surface area (Å²) in [6.45, 7) is 7.03. The van der Waals surface area contributed by atoms with Crippen molar-refractivity contribution in [3.05, 3.63) is 58.1 Å². The van der Waals surface area contributed by atoms with Crippen LogP contribution in [0.2, 0.25) is 5.02 Å². The SMILES string of the molecule is Cc1cc(C(=O)COc2cccc(Cl)c2)c(C)cc1NSN=CN1CCOCC1. The largest absolute Gasteiger partial charge is 0.485 e. The third kappa shape index (κ3) is 6.39. The third-order valence-electron chi connectivity index (χ3n) is 4.50. The Morgan fingerprint density at radius 1 is 1.28 bits per heavy atom. The van der Waals surface area contributed by atoms with Crippen LogP contribution in [-0.2, 0) is 4.74 Å². The number of carbonyl (C=O) groups is 1. The van der Waals surface area contributed by atoms with Gasteiger partial charge in [-0.1, -0.05) is 17.7 Å². The van der Waals surface area contributed by atoms with Crippen LogP contribution in [0, 0.1) is 13.8 Å². The van der Waals surface area contributed by atoms with Gasteiger partial charge in [0.2, 0.25) is 0 Å². The first-order valence-corrected chi connectivity index (χ1v) is 10.5. The predicted molar refractivity (Wildman–Crippen MR) is 119 cm³/mol. The Labute approximate surface area is 180 Å². The molecule has 3 rings (SSSR count). The number of hydrogen-bond donors (Lipinski definition) is 1. The summed E-state index contributed by atoms with van der Waals surface area (Å²) in [7, 11) is 0. The van der Waals surface area contributed by atoms with Gasteiger partial charge in [-0.25, -0.2) is 0 Å². The van der Waals surface area contributed by atoms with Crippen molar-refractivity contribution in [2.45, 2.75) is 13.8 Å². The van der Waals surface area contributed by atoms with Crippen LogP contribution < -0.4 is 9.46 Å². The van der Waals surface area contributed by atoms with Crippen LogP contribution in [0.25, 0.3) is 0 Å². The molecule has 1 heterocycles. The zero-order valence-electron chi connectivity index (χ0n) is 16.5. The number of carbonyl (C=O) groups excluding carboxylic acids is 1. The number of rotatable bonds is 8. The molecule has 0 spiro atoms. The number of hydrogen-bond acceptors (Lipinski definition) is 6. The van der Waals surface area contributed by atoms with Crippen molar-refractivity contribution in [3.63, 3.8) is 0 Å². The predicted octanol–water partition coefficient (Wildman–Crippen LogP) is 4.55. The quantitative estimate of drug-likeness (QED) is 0.285. The van der Waals surface area contributed by atoms with Crippen molar-refractivity contribution in [1.82, 2.24) is 4.90 Å². The molecule has 29 heavy (non-hydrogen) atoms. The van der Waals surface area contributed by atoms with Gasteiger partial charge >= 0.3 is 0 Å². The molecule has 0 saturated carbocycles. The molecule has 0 aromatic heterocycles. The van der Waals surface area contributed by atoms with Crippen molar-refractivity contribution in [2.75, 3.05) is 37.6 Å². The number of benzene rings is 2. The summed E-state index contributed by atoms with van der Waals surface area (Å²) in [6.07, 6.45) is 1.83. The summed E-state index contributed by atoms with van der Waals surface area (Å²) < 4.78 is 18.5. The van der Waals surface area contributed by atoms with Gasteiger partial charge in [0.05, 0.1) is 25.3 Å². The van der Waals surface area contributed by atoms with Gasteiger partial charge in [-0.05, 0) is 55.3 Å². The van der Waals surface area contributed by atoms with Crippen LogP contribution in [0.4, 0.5) is 5.69 Å².